The number of nitrogens with zero attached hydrogens (tertiary/aromatic N) is 1. The molecule has 1 fully saturated rings. The van der Waals surface area contributed by atoms with Crippen LogP contribution in [0.5, 0.6) is 0 Å². The molecule has 0 radical (unpaired) electrons. The summed E-state index contributed by atoms with van der Waals surface area (Å²) in [6.07, 6.45) is 2.10. The van der Waals surface area contributed by atoms with E-state index >= 15 is 0 Å². The molecule has 0 saturated carbocycles. The van der Waals surface area contributed by atoms with E-state index in [2.05, 4.69) is 21.2 Å². The first-order valence-corrected chi connectivity index (χ1v) is 7.30. The van der Waals surface area contributed by atoms with E-state index in [9.17, 15) is 9.18 Å². The second-order valence-corrected chi connectivity index (χ2v) is 5.86. The highest BCUT2D eigenvalue weighted by atomic mass is 79.9. The van der Waals surface area contributed by atoms with Crippen LogP contribution in [0.4, 0.5) is 4.39 Å². The first-order valence-electron chi connectivity index (χ1n) is 6.50. The minimum atomic E-state index is -0.455. The summed E-state index contributed by atoms with van der Waals surface area (Å²) in [5.74, 6) is -0.207. The average molecular weight is 329 g/mol. The van der Waals surface area contributed by atoms with Gasteiger partial charge in [0.25, 0.3) is 5.91 Å². The maximum absolute atomic E-state index is 13.7. The fraction of sp³-hybridized carbons (Fsp3) is 0.500. The number of amides is 1. The Kier molecular flexibility index (Phi) is 4.93. The van der Waals surface area contributed by atoms with Crippen LogP contribution in [0.2, 0.25) is 0 Å². The lowest BCUT2D eigenvalue weighted by atomic mass is 9.97. The molecule has 1 heterocycles. The fourth-order valence-corrected chi connectivity index (χ4v) is 2.90. The highest BCUT2D eigenvalue weighted by molar-refractivity contribution is 9.10. The molecule has 19 heavy (non-hydrogen) atoms. The fourth-order valence-electron chi connectivity index (χ4n) is 2.54. The van der Waals surface area contributed by atoms with E-state index in [-0.39, 0.29) is 11.5 Å². The predicted molar refractivity (Wildman–Crippen MR) is 76.7 cm³/mol. The van der Waals surface area contributed by atoms with Gasteiger partial charge in [-0.25, -0.2) is 4.39 Å². The zero-order chi connectivity index (χ0) is 13.8. The van der Waals surface area contributed by atoms with Gasteiger partial charge in [0.2, 0.25) is 0 Å². The number of carbonyl (C=O) groups is 1. The van der Waals surface area contributed by atoms with Crippen LogP contribution in [0, 0.1) is 11.7 Å². The molecule has 0 aromatic heterocycles. The Morgan fingerprint density at radius 1 is 1.58 bits per heavy atom. The molecule has 3 nitrogen and oxygen atoms in total. The van der Waals surface area contributed by atoms with Crippen molar-refractivity contribution in [2.24, 2.45) is 5.92 Å². The summed E-state index contributed by atoms with van der Waals surface area (Å²) in [5, 5.41) is 3.14. The van der Waals surface area contributed by atoms with Gasteiger partial charge in [0.15, 0.2) is 0 Å². The molecule has 1 unspecified atom stereocenters. The van der Waals surface area contributed by atoms with Crippen LogP contribution < -0.4 is 5.32 Å². The van der Waals surface area contributed by atoms with Gasteiger partial charge in [-0.05, 0) is 50.6 Å². The standard InChI is InChI=1S/C14H18BrFN2O/c1-17-8-10-3-2-6-18(9-10)14(19)12-7-11(15)4-5-13(12)16/h4-5,7,10,17H,2-3,6,8-9H2,1H3. The number of piperidine rings is 1. The van der Waals surface area contributed by atoms with Crippen molar-refractivity contribution in [2.45, 2.75) is 12.8 Å². The predicted octanol–water partition coefficient (Wildman–Crippen LogP) is 2.66. The second-order valence-electron chi connectivity index (χ2n) is 4.94. The van der Waals surface area contributed by atoms with E-state index in [1.165, 1.54) is 6.07 Å². The maximum atomic E-state index is 13.7. The van der Waals surface area contributed by atoms with Gasteiger partial charge in [-0.1, -0.05) is 15.9 Å². The molecule has 1 aromatic rings. The van der Waals surface area contributed by atoms with E-state index in [4.69, 9.17) is 0 Å². The Bertz CT molecular complexity index is 465. The van der Waals surface area contributed by atoms with Crippen LogP contribution in [0.15, 0.2) is 22.7 Å². The second kappa shape index (κ2) is 6.48. The van der Waals surface area contributed by atoms with Crippen LogP contribution in [0.1, 0.15) is 23.2 Å². The topological polar surface area (TPSA) is 32.3 Å². The maximum Gasteiger partial charge on any atom is 0.256 e. The van der Waals surface area contributed by atoms with E-state index in [1.54, 1.807) is 17.0 Å². The molecule has 104 valence electrons. The molecule has 1 aliphatic heterocycles. The van der Waals surface area contributed by atoms with Crippen molar-refractivity contribution in [1.29, 1.82) is 0 Å². The summed E-state index contributed by atoms with van der Waals surface area (Å²) in [5.41, 5.74) is 0.152. The van der Waals surface area contributed by atoms with Gasteiger partial charge >= 0.3 is 0 Å². The molecule has 0 aliphatic carbocycles. The summed E-state index contributed by atoms with van der Waals surface area (Å²) in [6, 6.07) is 4.48. The Morgan fingerprint density at radius 2 is 2.37 bits per heavy atom. The van der Waals surface area contributed by atoms with Crippen molar-refractivity contribution in [2.75, 3.05) is 26.7 Å². The molecule has 2 rings (SSSR count). The van der Waals surface area contributed by atoms with Gasteiger partial charge in [-0.15, -0.1) is 0 Å². The molecule has 1 amide bonds. The smallest absolute Gasteiger partial charge is 0.256 e. The van der Waals surface area contributed by atoms with Crippen molar-refractivity contribution in [1.82, 2.24) is 10.2 Å². The van der Waals surface area contributed by atoms with Crippen molar-refractivity contribution < 1.29 is 9.18 Å². The lowest BCUT2D eigenvalue weighted by molar-refractivity contribution is 0.0669. The minimum absolute atomic E-state index is 0.152. The molecule has 5 heteroatoms. The Hall–Kier alpha value is -0.940. The summed E-state index contributed by atoms with van der Waals surface area (Å²) in [6.45, 7) is 2.31. The van der Waals surface area contributed by atoms with Crippen LogP contribution in [0.3, 0.4) is 0 Å². The van der Waals surface area contributed by atoms with Gasteiger partial charge in [0, 0.05) is 17.6 Å². The molecule has 1 aliphatic rings. The summed E-state index contributed by atoms with van der Waals surface area (Å²) < 4.78 is 14.5. The number of hydrogen-bond donors (Lipinski definition) is 1. The SMILES string of the molecule is CNCC1CCCN(C(=O)c2cc(Br)ccc2F)C1. The molecular formula is C14H18BrFN2O. The number of nitrogens with one attached hydrogen (secondary N) is 1. The number of halogens is 2. The van der Waals surface area contributed by atoms with Crippen LogP contribution >= 0.6 is 15.9 Å². The van der Waals surface area contributed by atoms with Crippen LogP contribution in [0.25, 0.3) is 0 Å². The van der Waals surface area contributed by atoms with E-state index < -0.39 is 5.82 Å². The van der Waals surface area contributed by atoms with Crippen molar-refractivity contribution in [3.63, 3.8) is 0 Å². The monoisotopic (exact) mass is 328 g/mol. The molecular weight excluding hydrogens is 311 g/mol. The number of carbonyl (C=O) groups excluding carboxylic acids is 1. The highest BCUT2D eigenvalue weighted by Crippen LogP contribution is 2.21. The van der Waals surface area contributed by atoms with Crippen molar-refractivity contribution in [3.8, 4) is 0 Å². The van der Waals surface area contributed by atoms with E-state index in [0.29, 0.717) is 19.0 Å². The average Bonchev–Trinajstić information content (AvgIpc) is 2.41. The Morgan fingerprint density at radius 3 is 3.11 bits per heavy atom. The van der Waals surface area contributed by atoms with Gasteiger partial charge in [0.05, 0.1) is 5.56 Å². The third-order valence-corrected chi connectivity index (χ3v) is 3.95. The molecule has 1 saturated heterocycles. The highest BCUT2D eigenvalue weighted by Gasteiger charge is 2.25. The quantitative estimate of drug-likeness (QED) is 0.925. The molecule has 0 spiro atoms. The van der Waals surface area contributed by atoms with Crippen LogP contribution in [-0.4, -0.2) is 37.5 Å². The third kappa shape index (κ3) is 3.54. The molecule has 1 aromatic carbocycles. The number of rotatable bonds is 3. The normalized spacial score (nSPS) is 19.5. The summed E-state index contributed by atoms with van der Waals surface area (Å²) in [7, 11) is 1.91. The van der Waals surface area contributed by atoms with Gasteiger partial charge < -0.3 is 10.2 Å². The molecule has 0 bridgehead atoms. The van der Waals surface area contributed by atoms with Crippen LogP contribution in [-0.2, 0) is 0 Å². The Labute approximate surface area is 121 Å². The van der Waals surface area contributed by atoms with E-state index in [0.717, 1.165) is 23.9 Å². The summed E-state index contributed by atoms with van der Waals surface area (Å²) in [4.78, 5) is 14.1. The zero-order valence-corrected chi connectivity index (χ0v) is 12.5. The van der Waals surface area contributed by atoms with E-state index in [1.807, 2.05) is 7.05 Å². The zero-order valence-electron chi connectivity index (χ0n) is 11.0. The molecule has 1 atom stereocenters. The van der Waals surface area contributed by atoms with Crippen molar-refractivity contribution >= 4 is 21.8 Å². The molecule has 1 N–H and O–H groups in total. The minimum Gasteiger partial charge on any atom is -0.338 e. The first kappa shape index (κ1) is 14.5. The first-order chi connectivity index (χ1) is 9.11. The van der Waals surface area contributed by atoms with Gasteiger partial charge in [-0.3, -0.25) is 4.79 Å². The van der Waals surface area contributed by atoms with Crippen molar-refractivity contribution in [3.05, 3.63) is 34.1 Å². The number of likely N-dealkylation sites (tertiary alicyclic amines) is 1. The number of hydrogen-bond acceptors (Lipinski definition) is 2. The largest absolute Gasteiger partial charge is 0.338 e. The lowest BCUT2D eigenvalue weighted by Gasteiger charge is -2.32. The summed E-state index contributed by atoms with van der Waals surface area (Å²) >= 11 is 3.28. The number of benzene rings is 1. The third-order valence-electron chi connectivity index (χ3n) is 3.46. The lowest BCUT2D eigenvalue weighted by Crippen LogP contribution is -2.42. The van der Waals surface area contributed by atoms with Gasteiger partial charge in [0.1, 0.15) is 5.82 Å². The Balaban J connectivity index is 2.12. The van der Waals surface area contributed by atoms with Gasteiger partial charge in [-0.2, -0.15) is 0 Å².